The highest BCUT2D eigenvalue weighted by Crippen LogP contribution is 2.28. The summed E-state index contributed by atoms with van der Waals surface area (Å²) in [6, 6.07) is 8.06. The van der Waals surface area contributed by atoms with E-state index in [1.807, 2.05) is 12.1 Å². The van der Waals surface area contributed by atoms with E-state index >= 15 is 0 Å². The van der Waals surface area contributed by atoms with Crippen molar-refractivity contribution >= 4 is 11.7 Å². The number of morpholine rings is 1. The Morgan fingerprint density at radius 2 is 1.85 bits per heavy atom. The lowest BCUT2D eigenvalue weighted by molar-refractivity contribution is -0.150. The maximum Gasteiger partial charge on any atom is 0.246 e. The Balaban J connectivity index is 1.40. The fraction of sp³-hybridized carbons (Fsp3) is 0.636. The van der Waals surface area contributed by atoms with E-state index in [0.29, 0.717) is 13.0 Å². The van der Waals surface area contributed by atoms with Crippen LogP contribution in [0.4, 0.5) is 0 Å². The quantitative estimate of drug-likeness (QED) is 0.808. The molecule has 2 heterocycles. The molecule has 0 aromatic heterocycles. The maximum atomic E-state index is 12.4. The molecule has 27 heavy (non-hydrogen) atoms. The predicted octanol–water partition coefficient (Wildman–Crippen LogP) is 2.93. The van der Waals surface area contributed by atoms with Gasteiger partial charge in [-0.25, -0.2) is 0 Å². The third-order valence-corrected chi connectivity index (χ3v) is 5.84. The highest BCUT2D eigenvalue weighted by Gasteiger charge is 2.38. The summed E-state index contributed by atoms with van der Waals surface area (Å²) in [4.78, 5) is 26.1. The molecule has 2 aliphatic heterocycles. The minimum absolute atomic E-state index is 0.0166. The molecule has 0 aliphatic carbocycles. The van der Waals surface area contributed by atoms with Gasteiger partial charge in [-0.05, 0) is 36.8 Å². The van der Waals surface area contributed by atoms with Gasteiger partial charge in [0.1, 0.15) is 6.61 Å². The van der Waals surface area contributed by atoms with Crippen LogP contribution in [0, 0.1) is 0 Å². The lowest BCUT2D eigenvalue weighted by Crippen LogP contribution is -2.57. The van der Waals surface area contributed by atoms with Crippen LogP contribution in [0.25, 0.3) is 0 Å². The number of ether oxygens (including phenoxy) is 1. The Morgan fingerprint density at radius 3 is 2.41 bits per heavy atom. The molecule has 5 nitrogen and oxygen atoms in total. The Bertz CT molecular complexity index is 656. The van der Waals surface area contributed by atoms with E-state index in [0.717, 1.165) is 44.5 Å². The summed E-state index contributed by atoms with van der Waals surface area (Å²) in [5.41, 5.74) is 2.00. The van der Waals surface area contributed by atoms with E-state index < -0.39 is 0 Å². The summed E-state index contributed by atoms with van der Waals surface area (Å²) >= 11 is 0. The van der Waals surface area contributed by atoms with E-state index in [2.05, 4.69) is 43.1 Å². The van der Waals surface area contributed by atoms with Crippen molar-refractivity contribution in [3.05, 3.63) is 35.4 Å². The molecule has 0 radical (unpaired) electrons. The van der Waals surface area contributed by atoms with Crippen LogP contribution in [0.5, 0.6) is 0 Å². The molecule has 2 saturated heterocycles. The number of piperidine rings is 1. The summed E-state index contributed by atoms with van der Waals surface area (Å²) < 4.78 is 5.81. The minimum Gasteiger partial charge on any atom is -0.363 e. The number of likely N-dealkylation sites (tertiary alicyclic amines) is 1. The third-order valence-electron chi connectivity index (χ3n) is 5.84. The molecule has 1 N–H and O–H groups in total. The van der Waals surface area contributed by atoms with Gasteiger partial charge in [0.15, 0.2) is 5.78 Å². The molecule has 1 spiro atoms. The van der Waals surface area contributed by atoms with Crippen molar-refractivity contribution in [2.75, 3.05) is 32.8 Å². The second kappa shape index (κ2) is 8.11. The number of hydrogen-bond acceptors (Lipinski definition) is 4. The van der Waals surface area contributed by atoms with Crippen LogP contribution >= 0.6 is 0 Å². The monoisotopic (exact) mass is 372 g/mol. The van der Waals surface area contributed by atoms with Crippen LogP contribution in [-0.4, -0.2) is 55.0 Å². The molecular weight excluding hydrogens is 340 g/mol. The number of Topliss-reactive ketones (excluding diaryl/α,β-unsaturated/α-hetero) is 1. The second-order valence-electron chi connectivity index (χ2n) is 8.94. The van der Waals surface area contributed by atoms with Crippen LogP contribution in [-0.2, 0) is 14.9 Å². The lowest BCUT2D eigenvalue weighted by atomic mass is 9.86. The summed E-state index contributed by atoms with van der Waals surface area (Å²) in [5, 5.41) is 2.92. The van der Waals surface area contributed by atoms with Crippen molar-refractivity contribution in [2.45, 2.75) is 57.5 Å². The number of ketones is 1. The molecule has 5 heteroatoms. The summed E-state index contributed by atoms with van der Waals surface area (Å²) in [6.07, 6.45) is 3.35. The predicted molar refractivity (Wildman–Crippen MR) is 106 cm³/mol. The van der Waals surface area contributed by atoms with E-state index in [1.165, 1.54) is 5.56 Å². The van der Waals surface area contributed by atoms with Crippen molar-refractivity contribution in [1.82, 2.24) is 10.2 Å². The molecular formula is C22H32N2O3. The molecule has 2 aliphatic rings. The van der Waals surface area contributed by atoms with Gasteiger partial charge in [-0.1, -0.05) is 45.0 Å². The van der Waals surface area contributed by atoms with Crippen molar-refractivity contribution in [1.29, 1.82) is 0 Å². The van der Waals surface area contributed by atoms with Gasteiger partial charge in [-0.15, -0.1) is 0 Å². The molecule has 0 unspecified atom stereocenters. The van der Waals surface area contributed by atoms with Crippen LogP contribution in [0.3, 0.4) is 0 Å². The average molecular weight is 373 g/mol. The first-order valence-corrected chi connectivity index (χ1v) is 10.0. The van der Waals surface area contributed by atoms with Gasteiger partial charge in [0, 0.05) is 31.6 Å². The highest BCUT2D eigenvalue weighted by atomic mass is 16.5. The lowest BCUT2D eigenvalue weighted by Gasteiger charge is -2.43. The standard InChI is InChI=1S/C22H32N2O3/c1-21(2,3)18-8-6-17(7-9-18)19(25)5-4-12-24-13-10-22(11-14-24)16-23-20(26)15-27-22/h6-9H,4-5,10-16H2,1-3H3,(H,23,26). The summed E-state index contributed by atoms with van der Waals surface area (Å²) in [7, 11) is 0. The third kappa shape index (κ3) is 5.17. The zero-order valence-corrected chi connectivity index (χ0v) is 16.8. The minimum atomic E-state index is -0.172. The molecule has 148 valence electrons. The number of hydrogen-bond donors (Lipinski definition) is 1. The van der Waals surface area contributed by atoms with Gasteiger partial charge in [0.2, 0.25) is 5.91 Å². The molecule has 0 saturated carbocycles. The van der Waals surface area contributed by atoms with Gasteiger partial charge < -0.3 is 15.0 Å². The van der Waals surface area contributed by atoms with Crippen LogP contribution in [0.2, 0.25) is 0 Å². The zero-order valence-electron chi connectivity index (χ0n) is 16.8. The zero-order chi connectivity index (χ0) is 19.5. The largest absolute Gasteiger partial charge is 0.363 e. The fourth-order valence-corrected chi connectivity index (χ4v) is 3.85. The number of nitrogens with zero attached hydrogens (tertiary/aromatic N) is 1. The first kappa shape index (κ1) is 20.0. The molecule has 3 rings (SSSR count). The van der Waals surface area contributed by atoms with Gasteiger partial charge in [0.05, 0.1) is 5.60 Å². The van der Waals surface area contributed by atoms with Crippen LogP contribution in [0.1, 0.15) is 62.4 Å². The topological polar surface area (TPSA) is 58.6 Å². The number of benzene rings is 1. The Kier molecular flexibility index (Phi) is 6.02. The molecule has 2 fully saturated rings. The summed E-state index contributed by atoms with van der Waals surface area (Å²) in [6.45, 7) is 10.2. The normalized spacial score (nSPS) is 20.5. The second-order valence-corrected chi connectivity index (χ2v) is 8.94. The smallest absolute Gasteiger partial charge is 0.246 e. The number of carbonyl (C=O) groups is 2. The SMILES string of the molecule is CC(C)(C)c1ccc(C(=O)CCCN2CCC3(CC2)CNC(=O)CO3)cc1. The molecule has 1 aromatic rings. The van der Waals surface area contributed by atoms with E-state index in [1.54, 1.807) is 0 Å². The number of carbonyl (C=O) groups excluding carboxylic acids is 2. The van der Waals surface area contributed by atoms with Crippen molar-refractivity contribution in [3.63, 3.8) is 0 Å². The summed E-state index contributed by atoms with van der Waals surface area (Å²) in [5.74, 6) is 0.208. The molecule has 0 bridgehead atoms. The average Bonchev–Trinajstić information content (AvgIpc) is 2.65. The number of amides is 1. The van der Waals surface area contributed by atoms with Crippen LogP contribution in [0.15, 0.2) is 24.3 Å². The van der Waals surface area contributed by atoms with Crippen LogP contribution < -0.4 is 5.32 Å². The number of nitrogens with one attached hydrogen (secondary N) is 1. The Labute approximate surface area is 162 Å². The van der Waals surface area contributed by atoms with Crippen molar-refractivity contribution in [3.8, 4) is 0 Å². The van der Waals surface area contributed by atoms with Crippen molar-refractivity contribution in [2.24, 2.45) is 0 Å². The van der Waals surface area contributed by atoms with E-state index in [4.69, 9.17) is 4.74 Å². The first-order chi connectivity index (χ1) is 12.8. The highest BCUT2D eigenvalue weighted by molar-refractivity contribution is 5.96. The first-order valence-electron chi connectivity index (χ1n) is 10.0. The maximum absolute atomic E-state index is 12.4. The van der Waals surface area contributed by atoms with Gasteiger partial charge >= 0.3 is 0 Å². The van der Waals surface area contributed by atoms with Gasteiger partial charge in [-0.3, -0.25) is 9.59 Å². The van der Waals surface area contributed by atoms with E-state index in [-0.39, 0.29) is 29.3 Å². The Hall–Kier alpha value is -1.72. The molecule has 0 atom stereocenters. The molecule has 1 amide bonds. The van der Waals surface area contributed by atoms with Gasteiger partial charge in [-0.2, -0.15) is 0 Å². The fourth-order valence-electron chi connectivity index (χ4n) is 3.85. The number of rotatable bonds is 5. The molecule has 1 aromatic carbocycles. The Morgan fingerprint density at radius 1 is 1.19 bits per heavy atom. The van der Waals surface area contributed by atoms with Crippen molar-refractivity contribution < 1.29 is 14.3 Å². The van der Waals surface area contributed by atoms with E-state index in [9.17, 15) is 9.59 Å². The van der Waals surface area contributed by atoms with Gasteiger partial charge in [0.25, 0.3) is 0 Å².